The Morgan fingerprint density at radius 3 is 2.59 bits per heavy atom. The molecule has 1 aliphatic carbocycles. The number of benzene rings is 1. The Morgan fingerprint density at radius 1 is 1.23 bits per heavy atom. The van der Waals surface area contributed by atoms with Crippen molar-refractivity contribution in [3.05, 3.63) is 40.9 Å². The van der Waals surface area contributed by atoms with Crippen LogP contribution in [0, 0.1) is 0 Å². The number of amides is 2. The molecule has 1 aliphatic rings. The van der Waals surface area contributed by atoms with Crippen molar-refractivity contribution in [2.24, 2.45) is 0 Å². The van der Waals surface area contributed by atoms with Crippen molar-refractivity contribution in [3.63, 3.8) is 0 Å². The Labute approximate surface area is 134 Å². The van der Waals surface area contributed by atoms with Gasteiger partial charge in [0.15, 0.2) is 0 Å². The summed E-state index contributed by atoms with van der Waals surface area (Å²) in [7, 11) is 0. The largest absolute Gasteiger partial charge is 0.334 e. The Hall–Kier alpha value is -1.95. The second-order valence-corrected chi connectivity index (χ2v) is 7.60. The lowest BCUT2D eigenvalue weighted by atomic mass is 9.98. The van der Waals surface area contributed by atoms with E-state index < -0.39 is 0 Å². The lowest BCUT2D eigenvalue weighted by Gasteiger charge is -2.12. The van der Waals surface area contributed by atoms with Crippen LogP contribution in [0.25, 0.3) is 0 Å². The predicted molar refractivity (Wildman–Crippen MR) is 88.4 cm³/mol. The highest BCUT2D eigenvalue weighted by Gasteiger charge is 2.39. The third-order valence-corrected chi connectivity index (χ3v) is 4.89. The van der Waals surface area contributed by atoms with Gasteiger partial charge < -0.3 is 5.32 Å². The van der Waals surface area contributed by atoms with Gasteiger partial charge in [0.25, 0.3) is 0 Å². The highest BCUT2D eigenvalue weighted by molar-refractivity contribution is 7.15. The molecule has 2 atom stereocenters. The second-order valence-electron chi connectivity index (χ2n) is 6.62. The monoisotopic (exact) mass is 316 g/mol. The highest BCUT2D eigenvalue weighted by atomic mass is 32.1. The van der Waals surface area contributed by atoms with Crippen LogP contribution in [0.5, 0.6) is 0 Å². The van der Waals surface area contributed by atoms with E-state index in [0.29, 0.717) is 11.0 Å². The third kappa shape index (κ3) is 3.44. The molecule has 0 spiro atoms. The van der Waals surface area contributed by atoms with Crippen LogP contribution in [0.15, 0.2) is 30.3 Å². The van der Waals surface area contributed by atoms with E-state index in [1.165, 1.54) is 16.9 Å². The van der Waals surface area contributed by atoms with Crippen LogP contribution in [0.4, 0.5) is 9.93 Å². The van der Waals surface area contributed by atoms with E-state index in [9.17, 15) is 4.79 Å². The quantitative estimate of drug-likeness (QED) is 0.910. The number of nitrogens with one attached hydrogen (secondary N) is 2. The summed E-state index contributed by atoms with van der Waals surface area (Å²) in [6, 6.07) is 10.3. The predicted octanol–water partition coefficient (Wildman–Crippen LogP) is 3.51. The molecule has 1 aromatic heterocycles. The van der Waals surface area contributed by atoms with Crippen LogP contribution in [-0.2, 0) is 5.41 Å². The van der Waals surface area contributed by atoms with Crippen molar-refractivity contribution >= 4 is 22.5 Å². The summed E-state index contributed by atoms with van der Waals surface area (Å²) in [6.45, 7) is 6.23. The molecular formula is C16H20N4OS. The molecule has 1 aromatic carbocycles. The van der Waals surface area contributed by atoms with Crippen LogP contribution >= 0.6 is 11.3 Å². The second kappa shape index (κ2) is 5.68. The molecule has 1 fully saturated rings. The summed E-state index contributed by atoms with van der Waals surface area (Å²) in [6.07, 6.45) is 0.987. The smallest absolute Gasteiger partial charge is 0.321 e. The van der Waals surface area contributed by atoms with Crippen molar-refractivity contribution < 1.29 is 4.79 Å². The SMILES string of the molecule is CC(C)(C)c1nnc(NC(=O)NC2CC2c2ccccc2)s1. The first-order valence-electron chi connectivity index (χ1n) is 7.40. The Morgan fingerprint density at radius 2 is 1.95 bits per heavy atom. The van der Waals surface area contributed by atoms with E-state index >= 15 is 0 Å². The van der Waals surface area contributed by atoms with Gasteiger partial charge in [0.1, 0.15) is 5.01 Å². The van der Waals surface area contributed by atoms with Gasteiger partial charge in [-0.2, -0.15) is 0 Å². The Bertz CT molecular complexity index is 662. The topological polar surface area (TPSA) is 66.9 Å². The maximum absolute atomic E-state index is 12.0. The van der Waals surface area contributed by atoms with Crippen LogP contribution < -0.4 is 10.6 Å². The van der Waals surface area contributed by atoms with Crippen molar-refractivity contribution in [1.82, 2.24) is 15.5 Å². The number of carbonyl (C=O) groups is 1. The first-order chi connectivity index (χ1) is 10.4. The molecule has 2 aromatic rings. The molecule has 2 amide bonds. The van der Waals surface area contributed by atoms with E-state index in [2.05, 4.69) is 53.7 Å². The molecule has 0 bridgehead atoms. The molecule has 0 aliphatic heterocycles. The minimum atomic E-state index is -0.208. The summed E-state index contributed by atoms with van der Waals surface area (Å²) < 4.78 is 0. The van der Waals surface area contributed by atoms with Crippen molar-refractivity contribution in [2.45, 2.75) is 44.6 Å². The zero-order chi connectivity index (χ0) is 15.7. The highest BCUT2D eigenvalue weighted by Crippen LogP contribution is 2.40. The third-order valence-electron chi connectivity index (χ3n) is 3.62. The maximum atomic E-state index is 12.0. The standard InChI is InChI=1S/C16H20N4OS/c1-16(2,3)13-19-20-15(22-13)18-14(21)17-12-9-11(12)10-7-5-4-6-8-10/h4-8,11-12H,9H2,1-3H3,(H2,17,18,20,21). The molecule has 2 unspecified atom stereocenters. The first kappa shape index (κ1) is 15.0. The summed E-state index contributed by atoms with van der Waals surface area (Å²) in [4.78, 5) is 12.0. The van der Waals surface area contributed by atoms with Gasteiger partial charge in [-0.1, -0.05) is 62.4 Å². The molecule has 2 N–H and O–H groups in total. The lowest BCUT2D eigenvalue weighted by Crippen LogP contribution is -2.31. The summed E-state index contributed by atoms with van der Waals surface area (Å²) in [5, 5.41) is 15.4. The van der Waals surface area contributed by atoms with Crippen LogP contribution in [0.3, 0.4) is 0 Å². The minimum Gasteiger partial charge on any atom is -0.334 e. The first-order valence-corrected chi connectivity index (χ1v) is 8.21. The van der Waals surface area contributed by atoms with Crippen LogP contribution in [0.2, 0.25) is 0 Å². The molecule has 0 radical (unpaired) electrons. The molecule has 116 valence electrons. The lowest BCUT2D eigenvalue weighted by molar-refractivity contribution is 0.251. The van der Waals surface area contributed by atoms with E-state index in [1.54, 1.807) is 0 Å². The van der Waals surface area contributed by atoms with E-state index in [-0.39, 0.29) is 17.5 Å². The number of aromatic nitrogens is 2. The maximum Gasteiger partial charge on any atom is 0.321 e. The van der Waals surface area contributed by atoms with E-state index in [1.807, 2.05) is 18.2 Å². The fourth-order valence-corrected chi connectivity index (χ4v) is 3.10. The number of carbonyl (C=O) groups excluding carboxylic acids is 1. The molecule has 0 saturated heterocycles. The molecule has 6 heteroatoms. The van der Waals surface area contributed by atoms with Crippen molar-refractivity contribution in [2.75, 3.05) is 5.32 Å². The van der Waals surface area contributed by atoms with E-state index in [4.69, 9.17) is 0 Å². The number of anilines is 1. The molecule has 5 nitrogen and oxygen atoms in total. The Balaban J connectivity index is 1.53. The van der Waals surface area contributed by atoms with Gasteiger partial charge in [-0.25, -0.2) is 4.79 Å². The summed E-state index contributed by atoms with van der Waals surface area (Å²) >= 11 is 1.42. The van der Waals surface area contributed by atoms with Gasteiger partial charge in [0, 0.05) is 17.4 Å². The van der Waals surface area contributed by atoms with Crippen LogP contribution in [-0.4, -0.2) is 22.3 Å². The van der Waals surface area contributed by atoms with Crippen LogP contribution in [0.1, 0.15) is 43.7 Å². The van der Waals surface area contributed by atoms with Gasteiger partial charge in [0.2, 0.25) is 5.13 Å². The minimum absolute atomic E-state index is 0.0526. The normalized spacial score (nSPS) is 20.5. The van der Waals surface area contributed by atoms with Gasteiger partial charge in [-0.3, -0.25) is 5.32 Å². The fourth-order valence-electron chi connectivity index (χ4n) is 2.30. The zero-order valence-electron chi connectivity index (χ0n) is 13.0. The number of urea groups is 1. The molecule has 1 saturated carbocycles. The fraction of sp³-hybridized carbons (Fsp3) is 0.438. The summed E-state index contributed by atoms with van der Waals surface area (Å²) in [5.41, 5.74) is 1.22. The van der Waals surface area contributed by atoms with Gasteiger partial charge in [-0.15, -0.1) is 10.2 Å². The van der Waals surface area contributed by atoms with Gasteiger partial charge in [0.05, 0.1) is 0 Å². The van der Waals surface area contributed by atoms with E-state index in [0.717, 1.165) is 11.4 Å². The average Bonchev–Trinajstić information content (AvgIpc) is 3.04. The molecular weight excluding hydrogens is 296 g/mol. The zero-order valence-corrected chi connectivity index (χ0v) is 13.8. The number of hydrogen-bond acceptors (Lipinski definition) is 4. The number of nitrogens with zero attached hydrogens (tertiary/aromatic N) is 2. The van der Waals surface area contributed by atoms with Crippen molar-refractivity contribution in [3.8, 4) is 0 Å². The van der Waals surface area contributed by atoms with Gasteiger partial charge in [-0.05, 0) is 12.0 Å². The summed E-state index contributed by atoms with van der Waals surface area (Å²) in [5.74, 6) is 0.423. The van der Waals surface area contributed by atoms with Crippen molar-refractivity contribution in [1.29, 1.82) is 0 Å². The number of hydrogen-bond donors (Lipinski definition) is 2. The Kier molecular flexibility index (Phi) is 3.87. The molecule has 3 rings (SSSR count). The average molecular weight is 316 g/mol. The molecule has 1 heterocycles. The molecule has 22 heavy (non-hydrogen) atoms. The number of rotatable bonds is 3. The van der Waals surface area contributed by atoms with Gasteiger partial charge >= 0.3 is 6.03 Å².